The molecule has 1 aromatic carbocycles. The lowest BCUT2D eigenvalue weighted by Gasteiger charge is -2.06. The Balaban J connectivity index is 2.09. The molecule has 1 N–H and O–H groups in total. The molecular weight excluding hydrogens is 360 g/mol. The monoisotopic (exact) mass is 376 g/mol. The Labute approximate surface area is 152 Å². The van der Waals surface area contributed by atoms with E-state index in [0.29, 0.717) is 20.8 Å². The average molecular weight is 377 g/mol. The zero-order chi connectivity index (χ0) is 17.3. The summed E-state index contributed by atoms with van der Waals surface area (Å²) in [6.07, 6.45) is 0.830. The number of hydrogen-bond donors (Lipinski definition) is 1. The summed E-state index contributed by atoms with van der Waals surface area (Å²) in [6, 6.07) is 10.2. The molecule has 0 aliphatic carbocycles. The predicted octanol–water partition coefficient (Wildman–Crippen LogP) is 4.14. The summed E-state index contributed by atoms with van der Waals surface area (Å²) in [5.41, 5.74) is 2.42. The van der Waals surface area contributed by atoms with Gasteiger partial charge in [-0.2, -0.15) is 9.78 Å². The summed E-state index contributed by atoms with van der Waals surface area (Å²) in [6.45, 7) is 4.32. The van der Waals surface area contributed by atoms with Gasteiger partial charge in [-0.1, -0.05) is 41.7 Å². The maximum atomic E-state index is 12.6. The smallest absolute Gasteiger partial charge is 0.294 e. The van der Waals surface area contributed by atoms with Crippen molar-refractivity contribution in [2.45, 2.75) is 26.8 Å². The fourth-order valence-corrected chi connectivity index (χ4v) is 3.95. The van der Waals surface area contributed by atoms with E-state index < -0.39 is 0 Å². The van der Waals surface area contributed by atoms with Gasteiger partial charge < -0.3 is 9.55 Å². The van der Waals surface area contributed by atoms with Crippen molar-refractivity contribution in [2.24, 2.45) is 5.10 Å². The van der Waals surface area contributed by atoms with Crippen molar-refractivity contribution in [3.8, 4) is 0 Å². The highest BCUT2D eigenvalue weighted by molar-refractivity contribution is 7.73. The Bertz CT molecular complexity index is 1080. The van der Waals surface area contributed by atoms with Crippen LogP contribution in [-0.2, 0) is 13.0 Å². The van der Waals surface area contributed by atoms with Gasteiger partial charge in [-0.05, 0) is 50.3 Å². The van der Waals surface area contributed by atoms with Crippen LogP contribution in [0, 0.1) is 8.73 Å². The third-order valence-corrected chi connectivity index (χ3v) is 5.18. The van der Waals surface area contributed by atoms with Crippen LogP contribution in [0.25, 0.3) is 10.3 Å². The zero-order valence-electron chi connectivity index (χ0n) is 13.3. The molecule has 124 valence electrons. The number of nitrogens with one attached hydrogen (secondary N) is 1. The molecule has 5 nitrogen and oxygen atoms in total. The van der Waals surface area contributed by atoms with Gasteiger partial charge in [0.2, 0.25) is 4.77 Å². The summed E-state index contributed by atoms with van der Waals surface area (Å²) in [4.78, 5) is 15.8. The van der Waals surface area contributed by atoms with Gasteiger partial charge in [0, 0.05) is 12.3 Å². The maximum absolute atomic E-state index is 12.6. The highest BCUT2D eigenvalue weighted by Gasteiger charge is 2.12. The standard InChI is InChI=1S/C16H16N4OS3/c1-10(2)18-20-14(21)12-13(17-15(20)22)19(16(23)24-12)9-8-11-6-4-3-5-7-11/h3-7H,8-9H2,1-2H3,(H,17,22). The molecule has 2 aromatic heterocycles. The van der Waals surface area contributed by atoms with E-state index in [1.807, 2.05) is 36.6 Å². The highest BCUT2D eigenvalue weighted by Crippen LogP contribution is 2.19. The largest absolute Gasteiger partial charge is 0.315 e. The number of rotatable bonds is 4. The van der Waals surface area contributed by atoms with Crippen LogP contribution in [0.15, 0.2) is 40.2 Å². The molecule has 0 amide bonds. The van der Waals surface area contributed by atoms with Crippen LogP contribution in [0.2, 0.25) is 0 Å². The van der Waals surface area contributed by atoms with Gasteiger partial charge in [0.05, 0.1) is 0 Å². The van der Waals surface area contributed by atoms with Crippen LogP contribution < -0.4 is 5.56 Å². The lowest BCUT2D eigenvalue weighted by atomic mass is 10.1. The fourth-order valence-electron chi connectivity index (χ4n) is 2.40. The van der Waals surface area contributed by atoms with Crippen molar-refractivity contribution in [3.05, 3.63) is 55.0 Å². The highest BCUT2D eigenvalue weighted by atomic mass is 32.1. The molecule has 0 saturated heterocycles. The van der Waals surface area contributed by atoms with Crippen molar-refractivity contribution in [1.82, 2.24) is 14.2 Å². The first-order valence-electron chi connectivity index (χ1n) is 7.42. The molecule has 2 heterocycles. The number of H-pyrrole nitrogens is 1. The third-order valence-electron chi connectivity index (χ3n) is 3.47. The summed E-state index contributed by atoms with van der Waals surface area (Å²) in [5.74, 6) is 0. The molecule has 3 aromatic rings. The second-order valence-electron chi connectivity index (χ2n) is 5.53. The minimum absolute atomic E-state index is 0.232. The number of fused-ring (bicyclic) bond motifs is 1. The minimum atomic E-state index is -0.232. The van der Waals surface area contributed by atoms with E-state index in [2.05, 4.69) is 22.2 Å². The van der Waals surface area contributed by atoms with Gasteiger partial charge in [0.25, 0.3) is 5.56 Å². The number of aromatic amines is 1. The second kappa shape index (κ2) is 6.92. The predicted molar refractivity (Wildman–Crippen MR) is 104 cm³/mol. The van der Waals surface area contributed by atoms with Gasteiger partial charge in [0.15, 0.2) is 3.95 Å². The van der Waals surface area contributed by atoms with Crippen molar-refractivity contribution < 1.29 is 0 Å². The van der Waals surface area contributed by atoms with Crippen LogP contribution in [0.1, 0.15) is 19.4 Å². The van der Waals surface area contributed by atoms with Crippen LogP contribution in [0.4, 0.5) is 0 Å². The average Bonchev–Trinajstić information content (AvgIpc) is 2.86. The summed E-state index contributed by atoms with van der Waals surface area (Å²) >= 11 is 12.0. The first kappa shape index (κ1) is 16.9. The van der Waals surface area contributed by atoms with E-state index in [-0.39, 0.29) is 10.3 Å². The molecule has 0 aliphatic rings. The van der Waals surface area contributed by atoms with Gasteiger partial charge in [-0.15, -0.1) is 0 Å². The first-order chi connectivity index (χ1) is 11.5. The Morgan fingerprint density at radius 1 is 1.25 bits per heavy atom. The molecule has 0 atom stereocenters. The van der Waals surface area contributed by atoms with E-state index in [0.717, 1.165) is 12.1 Å². The van der Waals surface area contributed by atoms with Crippen LogP contribution in [0.3, 0.4) is 0 Å². The molecule has 3 rings (SSSR count). The van der Waals surface area contributed by atoms with Crippen LogP contribution in [-0.4, -0.2) is 19.9 Å². The number of hydrogen-bond acceptors (Lipinski definition) is 5. The maximum Gasteiger partial charge on any atom is 0.294 e. The summed E-state index contributed by atoms with van der Waals surface area (Å²) < 4.78 is 4.63. The Morgan fingerprint density at radius 3 is 2.62 bits per heavy atom. The van der Waals surface area contributed by atoms with E-state index in [9.17, 15) is 4.79 Å². The van der Waals surface area contributed by atoms with E-state index in [1.165, 1.54) is 21.6 Å². The molecule has 0 spiro atoms. The Hall–Kier alpha value is -1.90. The molecule has 24 heavy (non-hydrogen) atoms. The second-order valence-corrected chi connectivity index (χ2v) is 7.56. The number of aryl methyl sites for hydroxylation is 2. The Morgan fingerprint density at radius 2 is 1.96 bits per heavy atom. The van der Waals surface area contributed by atoms with Crippen molar-refractivity contribution >= 4 is 51.8 Å². The lowest BCUT2D eigenvalue weighted by Crippen LogP contribution is -2.19. The molecule has 8 heteroatoms. The van der Waals surface area contributed by atoms with Gasteiger partial charge in [-0.25, -0.2) is 0 Å². The van der Waals surface area contributed by atoms with Crippen molar-refractivity contribution in [2.75, 3.05) is 0 Å². The van der Waals surface area contributed by atoms with Gasteiger partial charge >= 0.3 is 0 Å². The molecule has 0 radical (unpaired) electrons. The summed E-state index contributed by atoms with van der Waals surface area (Å²) in [7, 11) is 0. The quantitative estimate of drug-likeness (QED) is 0.550. The van der Waals surface area contributed by atoms with E-state index in [4.69, 9.17) is 24.4 Å². The van der Waals surface area contributed by atoms with Gasteiger partial charge in [0.1, 0.15) is 10.3 Å². The van der Waals surface area contributed by atoms with Crippen molar-refractivity contribution in [3.63, 3.8) is 0 Å². The number of thiazole rings is 1. The molecule has 0 bridgehead atoms. The SMILES string of the molecule is CC(C)=Nn1c(=S)[nH]c2c(sc(=S)n2CCc2ccccc2)c1=O. The normalized spacial score (nSPS) is 10.9. The lowest BCUT2D eigenvalue weighted by molar-refractivity contribution is 0.704. The van der Waals surface area contributed by atoms with E-state index >= 15 is 0 Å². The molecule has 0 unspecified atom stereocenters. The number of nitrogens with zero attached hydrogens (tertiary/aromatic N) is 3. The zero-order valence-corrected chi connectivity index (χ0v) is 15.7. The van der Waals surface area contributed by atoms with Crippen molar-refractivity contribution in [1.29, 1.82) is 0 Å². The minimum Gasteiger partial charge on any atom is -0.315 e. The number of benzene rings is 1. The van der Waals surface area contributed by atoms with Gasteiger partial charge in [-0.3, -0.25) is 4.79 Å². The molecule has 0 aliphatic heterocycles. The molecule has 0 fully saturated rings. The first-order valence-corrected chi connectivity index (χ1v) is 9.05. The van der Waals surface area contributed by atoms with Crippen LogP contribution >= 0.6 is 35.8 Å². The van der Waals surface area contributed by atoms with Crippen LogP contribution in [0.5, 0.6) is 0 Å². The topological polar surface area (TPSA) is 55.1 Å². The van der Waals surface area contributed by atoms with E-state index in [1.54, 1.807) is 0 Å². The third kappa shape index (κ3) is 3.31. The summed E-state index contributed by atoms with van der Waals surface area (Å²) in [5, 5.41) is 4.19. The fraction of sp³-hybridized carbons (Fsp3) is 0.250. The number of aromatic nitrogens is 3. The molecule has 0 saturated carbocycles. The Kier molecular flexibility index (Phi) is 4.88. The molecular formula is C16H16N4OS3.